The van der Waals surface area contributed by atoms with Gasteiger partial charge in [-0.15, -0.1) is 11.3 Å². The van der Waals surface area contributed by atoms with Crippen LogP contribution in [0.3, 0.4) is 0 Å². The van der Waals surface area contributed by atoms with Gasteiger partial charge in [0.05, 0.1) is 14.1 Å². The Balaban J connectivity index is 2.02. The van der Waals surface area contributed by atoms with E-state index in [0.29, 0.717) is 0 Å². The van der Waals surface area contributed by atoms with Gasteiger partial charge in [-0.25, -0.2) is 0 Å². The molecule has 0 amide bonds. The van der Waals surface area contributed by atoms with Crippen molar-refractivity contribution in [2.45, 2.75) is 77.9 Å². The Bertz CT molecular complexity index is 469. The van der Waals surface area contributed by atoms with Crippen molar-refractivity contribution >= 4 is 45.8 Å². The third kappa shape index (κ3) is 4.04. The van der Waals surface area contributed by atoms with Gasteiger partial charge in [0.2, 0.25) is 0 Å². The first-order valence-electron chi connectivity index (χ1n) is 7.90. The second kappa shape index (κ2) is 6.89. The van der Waals surface area contributed by atoms with Crippen molar-refractivity contribution in [3.05, 3.63) is 14.5 Å². The highest BCUT2D eigenvalue weighted by Gasteiger charge is 2.52. The molecule has 2 heterocycles. The summed E-state index contributed by atoms with van der Waals surface area (Å²) in [5.41, 5.74) is 0.948. The SMILES string of the molecule is CCCCCCc1cc(B2OC(C)(C)C(C)(C)O2)sc1I. The highest BCUT2D eigenvalue weighted by molar-refractivity contribution is 14.1. The molecule has 0 radical (unpaired) electrons. The van der Waals surface area contributed by atoms with E-state index in [9.17, 15) is 0 Å². The van der Waals surface area contributed by atoms with Crippen LogP contribution in [0.1, 0.15) is 65.9 Å². The van der Waals surface area contributed by atoms with Crippen molar-refractivity contribution in [2.75, 3.05) is 0 Å². The van der Waals surface area contributed by atoms with E-state index in [4.69, 9.17) is 9.31 Å². The van der Waals surface area contributed by atoms with E-state index >= 15 is 0 Å². The molecule has 0 bridgehead atoms. The average molecular weight is 420 g/mol. The average Bonchev–Trinajstić information content (AvgIpc) is 2.84. The van der Waals surface area contributed by atoms with Crippen LogP contribution in [0.4, 0.5) is 0 Å². The smallest absolute Gasteiger partial charge is 0.399 e. The number of unbranched alkanes of at least 4 members (excludes halogenated alkanes) is 3. The van der Waals surface area contributed by atoms with Gasteiger partial charge in [-0.05, 0) is 74.8 Å². The lowest BCUT2D eigenvalue weighted by Crippen LogP contribution is -2.41. The van der Waals surface area contributed by atoms with Crippen molar-refractivity contribution in [3.63, 3.8) is 0 Å². The molecule has 1 aromatic heterocycles. The van der Waals surface area contributed by atoms with E-state index in [0.717, 1.165) is 0 Å². The monoisotopic (exact) mass is 420 g/mol. The second-order valence-corrected chi connectivity index (χ2v) is 9.74. The molecular weight excluding hydrogens is 394 g/mol. The lowest BCUT2D eigenvalue weighted by atomic mass is 9.87. The Morgan fingerprint density at radius 2 is 1.71 bits per heavy atom. The highest BCUT2D eigenvalue weighted by atomic mass is 127. The summed E-state index contributed by atoms with van der Waals surface area (Å²) in [6, 6.07) is 2.29. The summed E-state index contributed by atoms with van der Waals surface area (Å²) in [4.78, 5) is 0. The van der Waals surface area contributed by atoms with Crippen LogP contribution in [0.15, 0.2) is 6.07 Å². The van der Waals surface area contributed by atoms with Crippen LogP contribution >= 0.6 is 33.9 Å². The van der Waals surface area contributed by atoms with Crippen molar-refractivity contribution in [3.8, 4) is 0 Å². The molecule has 1 fully saturated rings. The Labute approximate surface area is 147 Å². The zero-order chi connectivity index (χ0) is 15.7. The lowest BCUT2D eigenvalue weighted by molar-refractivity contribution is 0.00578. The predicted molar refractivity (Wildman–Crippen MR) is 101 cm³/mol. The fourth-order valence-electron chi connectivity index (χ4n) is 2.41. The zero-order valence-electron chi connectivity index (χ0n) is 13.8. The standard InChI is InChI=1S/C16H26BIO2S/c1-6-7-8-9-10-12-11-13(21-14(12)18)17-19-15(2,3)16(4,5)20-17/h11H,6-10H2,1-5H3. The molecule has 21 heavy (non-hydrogen) atoms. The van der Waals surface area contributed by atoms with Crippen LogP contribution < -0.4 is 4.78 Å². The van der Waals surface area contributed by atoms with Crippen molar-refractivity contribution in [1.82, 2.24) is 0 Å². The first-order chi connectivity index (χ1) is 9.77. The first-order valence-corrected chi connectivity index (χ1v) is 9.80. The Morgan fingerprint density at radius 1 is 1.10 bits per heavy atom. The van der Waals surface area contributed by atoms with Gasteiger partial charge in [0, 0.05) is 4.78 Å². The minimum Gasteiger partial charge on any atom is -0.399 e. The topological polar surface area (TPSA) is 18.5 Å². The molecule has 0 aromatic carbocycles. The molecule has 0 unspecified atom stereocenters. The van der Waals surface area contributed by atoms with Crippen molar-refractivity contribution in [1.29, 1.82) is 0 Å². The lowest BCUT2D eigenvalue weighted by Gasteiger charge is -2.32. The number of hydrogen-bond donors (Lipinski definition) is 0. The molecule has 1 aliphatic heterocycles. The van der Waals surface area contributed by atoms with Crippen LogP contribution in [0.5, 0.6) is 0 Å². The van der Waals surface area contributed by atoms with Gasteiger partial charge in [0.15, 0.2) is 0 Å². The van der Waals surface area contributed by atoms with Gasteiger partial charge < -0.3 is 9.31 Å². The van der Waals surface area contributed by atoms with Crippen molar-refractivity contribution < 1.29 is 9.31 Å². The summed E-state index contributed by atoms with van der Waals surface area (Å²) in [7, 11) is -0.210. The molecule has 1 aromatic rings. The van der Waals surface area contributed by atoms with Gasteiger partial charge in [-0.2, -0.15) is 0 Å². The summed E-state index contributed by atoms with van der Waals surface area (Å²) < 4.78 is 14.9. The first kappa shape index (κ1) is 17.8. The van der Waals surface area contributed by atoms with Gasteiger partial charge in [-0.1, -0.05) is 26.2 Å². The minimum absolute atomic E-state index is 0.210. The molecule has 0 spiro atoms. The summed E-state index contributed by atoms with van der Waals surface area (Å²) in [6.07, 6.45) is 6.41. The third-order valence-corrected chi connectivity index (χ3v) is 6.90. The number of halogens is 1. The van der Waals surface area contributed by atoms with Crippen LogP contribution in [0.2, 0.25) is 0 Å². The van der Waals surface area contributed by atoms with E-state index < -0.39 is 0 Å². The molecule has 0 aliphatic carbocycles. The Kier molecular flexibility index (Phi) is 5.83. The van der Waals surface area contributed by atoms with Gasteiger partial charge in [-0.3, -0.25) is 0 Å². The number of thiophene rings is 1. The maximum Gasteiger partial charge on any atom is 0.505 e. The molecule has 0 N–H and O–H groups in total. The summed E-state index contributed by atoms with van der Waals surface area (Å²) in [5.74, 6) is 0. The Hall–Kier alpha value is 0.415. The minimum atomic E-state index is -0.256. The molecule has 0 atom stereocenters. The third-order valence-electron chi connectivity index (χ3n) is 4.56. The van der Waals surface area contributed by atoms with Crippen LogP contribution in [0.25, 0.3) is 0 Å². The van der Waals surface area contributed by atoms with Crippen LogP contribution in [-0.4, -0.2) is 18.3 Å². The maximum atomic E-state index is 6.15. The molecule has 0 saturated carbocycles. The molecule has 2 rings (SSSR count). The van der Waals surface area contributed by atoms with Crippen molar-refractivity contribution in [2.24, 2.45) is 0 Å². The Morgan fingerprint density at radius 3 is 2.29 bits per heavy atom. The van der Waals surface area contributed by atoms with E-state index in [2.05, 4.69) is 63.3 Å². The van der Waals surface area contributed by atoms with Crippen LogP contribution in [0, 0.1) is 2.88 Å². The highest BCUT2D eigenvalue weighted by Crippen LogP contribution is 2.37. The molecule has 2 nitrogen and oxygen atoms in total. The fraction of sp³-hybridized carbons (Fsp3) is 0.750. The maximum absolute atomic E-state index is 6.15. The fourth-order valence-corrected chi connectivity index (χ4v) is 4.50. The summed E-state index contributed by atoms with van der Waals surface area (Å²) in [5, 5.41) is 0. The van der Waals surface area contributed by atoms with Gasteiger partial charge >= 0.3 is 7.12 Å². The molecular formula is C16H26BIO2S. The van der Waals surface area contributed by atoms with E-state index in [1.54, 1.807) is 0 Å². The van der Waals surface area contributed by atoms with Gasteiger partial charge in [0.1, 0.15) is 0 Å². The molecule has 1 saturated heterocycles. The van der Waals surface area contributed by atoms with E-state index in [-0.39, 0.29) is 18.3 Å². The second-order valence-electron chi connectivity index (χ2n) is 6.85. The van der Waals surface area contributed by atoms with Crippen LogP contribution in [-0.2, 0) is 15.7 Å². The number of rotatable bonds is 6. The van der Waals surface area contributed by atoms with E-state index in [1.165, 1.54) is 45.3 Å². The number of aryl methyl sites for hydroxylation is 1. The molecule has 118 valence electrons. The molecule has 5 heteroatoms. The quantitative estimate of drug-likeness (QED) is 0.375. The zero-order valence-corrected chi connectivity index (χ0v) is 16.8. The number of hydrogen-bond acceptors (Lipinski definition) is 3. The van der Waals surface area contributed by atoms with Gasteiger partial charge in [0.25, 0.3) is 0 Å². The normalized spacial score (nSPS) is 20.2. The molecule has 1 aliphatic rings. The predicted octanol–water partition coefficient (Wildman–Crippen LogP) is 4.77. The van der Waals surface area contributed by atoms with E-state index in [1.807, 2.05) is 11.3 Å². The largest absolute Gasteiger partial charge is 0.505 e. The summed E-state index contributed by atoms with van der Waals surface area (Å²) >= 11 is 4.27. The summed E-state index contributed by atoms with van der Waals surface area (Å²) in [6.45, 7) is 10.7.